The molecule has 9 heteroatoms. The molecule has 0 radical (unpaired) electrons. The quantitative estimate of drug-likeness (QED) is 0.189. The van der Waals surface area contributed by atoms with Gasteiger partial charge in [-0.2, -0.15) is 0 Å². The number of fused-ring (bicyclic) bond motifs is 1. The maximum absolute atomic E-state index is 13.1. The second kappa shape index (κ2) is 13.8. The number of imidazole rings is 1. The van der Waals surface area contributed by atoms with Crippen LogP contribution in [-0.2, 0) is 9.59 Å². The number of aromatic amines is 1. The van der Waals surface area contributed by atoms with Gasteiger partial charge in [0.15, 0.2) is 0 Å². The number of rotatable bonds is 10. The molecule has 9 nitrogen and oxygen atoms in total. The van der Waals surface area contributed by atoms with Gasteiger partial charge in [0.2, 0.25) is 17.8 Å². The highest BCUT2D eigenvalue weighted by Crippen LogP contribution is 2.34. The van der Waals surface area contributed by atoms with E-state index < -0.39 is 0 Å². The lowest BCUT2D eigenvalue weighted by atomic mass is 9.96. The van der Waals surface area contributed by atoms with Crippen molar-refractivity contribution in [1.82, 2.24) is 29.7 Å². The monoisotopic (exact) mass is 635 g/mol. The average Bonchev–Trinajstić information content (AvgIpc) is 3.87. The summed E-state index contributed by atoms with van der Waals surface area (Å²) in [6, 6.07) is 14.9. The number of H-pyrrole nitrogens is 1. The summed E-state index contributed by atoms with van der Waals surface area (Å²) >= 11 is 0. The van der Waals surface area contributed by atoms with Gasteiger partial charge < -0.3 is 20.1 Å². The number of nitrogens with zero attached hydrogens (tertiary/aromatic N) is 5. The van der Waals surface area contributed by atoms with Crippen LogP contribution in [0.2, 0.25) is 0 Å². The molecule has 2 N–H and O–H groups in total. The Morgan fingerprint density at radius 2 is 1.45 bits per heavy atom. The summed E-state index contributed by atoms with van der Waals surface area (Å²) in [5, 5.41) is 4.37. The van der Waals surface area contributed by atoms with E-state index in [1.54, 1.807) is 0 Å². The molecule has 2 saturated heterocycles. The topological polar surface area (TPSA) is 107 Å². The van der Waals surface area contributed by atoms with E-state index in [4.69, 9.17) is 9.97 Å². The molecule has 4 atom stereocenters. The third-order valence-electron chi connectivity index (χ3n) is 10.5. The standard InChI is InChI=1S/C38H49N7O2/c1-23(2)25(5)36(46)44-17-7-9-31(44)21-41-38-40-20-30-19-29(15-16-32(30)43-38)27-11-13-28(14-12-27)33-22-39-35(42-33)34-10-8-18-45(34)37(47)26(6)24(3)4/h11-16,19-20,22-26,31,34H,7-10,17-18,21H2,1-6H3,(H,39,42)(H,40,41,43)/t25-,26-,31-,34-/m0/s1. The number of nitrogens with one attached hydrogen (secondary N) is 2. The molecule has 0 aliphatic carbocycles. The van der Waals surface area contributed by atoms with Crippen LogP contribution in [0.15, 0.2) is 54.9 Å². The summed E-state index contributed by atoms with van der Waals surface area (Å²) in [5.74, 6) is 2.60. The molecule has 2 aromatic carbocycles. The van der Waals surface area contributed by atoms with E-state index in [2.05, 4.69) is 79.4 Å². The molecule has 0 unspecified atom stereocenters. The Labute approximate surface area is 278 Å². The maximum Gasteiger partial charge on any atom is 0.226 e. The number of carbonyl (C=O) groups excluding carboxylic acids is 2. The van der Waals surface area contributed by atoms with Crippen LogP contribution in [0.1, 0.15) is 79.1 Å². The van der Waals surface area contributed by atoms with E-state index >= 15 is 0 Å². The van der Waals surface area contributed by atoms with Crippen LogP contribution in [-0.4, -0.2) is 67.2 Å². The Balaban J connectivity index is 1.10. The zero-order chi connectivity index (χ0) is 33.2. The van der Waals surface area contributed by atoms with Crippen molar-refractivity contribution in [3.8, 4) is 22.4 Å². The zero-order valence-electron chi connectivity index (χ0n) is 28.7. The molecule has 2 amide bonds. The van der Waals surface area contributed by atoms with E-state index in [1.807, 2.05) is 42.1 Å². The number of hydrogen-bond acceptors (Lipinski definition) is 6. The first-order chi connectivity index (χ1) is 22.6. The highest BCUT2D eigenvalue weighted by Gasteiger charge is 2.35. The molecule has 4 heterocycles. The number of hydrogen-bond donors (Lipinski definition) is 2. The maximum atomic E-state index is 13.1. The van der Waals surface area contributed by atoms with Crippen LogP contribution in [0.3, 0.4) is 0 Å². The van der Waals surface area contributed by atoms with Gasteiger partial charge >= 0.3 is 0 Å². The number of anilines is 1. The van der Waals surface area contributed by atoms with E-state index in [9.17, 15) is 9.59 Å². The van der Waals surface area contributed by atoms with Crippen LogP contribution >= 0.6 is 0 Å². The van der Waals surface area contributed by atoms with Gasteiger partial charge in [0.1, 0.15) is 5.82 Å². The second-order valence-corrected chi connectivity index (χ2v) is 14.2. The predicted molar refractivity (Wildman–Crippen MR) is 187 cm³/mol. The van der Waals surface area contributed by atoms with E-state index in [0.717, 1.165) is 77.9 Å². The van der Waals surface area contributed by atoms with Gasteiger partial charge in [0.05, 0.1) is 23.4 Å². The summed E-state index contributed by atoms with van der Waals surface area (Å²) in [4.78, 5) is 47.8. The van der Waals surface area contributed by atoms with Crippen molar-refractivity contribution in [3.05, 3.63) is 60.7 Å². The van der Waals surface area contributed by atoms with E-state index in [1.165, 1.54) is 0 Å². The van der Waals surface area contributed by atoms with Gasteiger partial charge in [-0.15, -0.1) is 0 Å². The SMILES string of the molecule is CC(C)[C@H](C)C(=O)N1CCC[C@H]1CNc1ncc2cc(-c3ccc(-c4cnc([C@@H]5CCCN5C(=O)[C@@H](C)C(C)C)[nH]4)cc3)ccc2n1. The van der Waals surface area contributed by atoms with Crippen LogP contribution in [0.5, 0.6) is 0 Å². The summed E-state index contributed by atoms with van der Waals surface area (Å²) in [7, 11) is 0. The molecule has 0 bridgehead atoms. The largest absolute Gasteiger partial charge is 0.352 e. The molecule has 2 aliphatic rings. The van der Waals surface area contributed by atoms with Gasteiger partial charge in [-0.1, -0.05) is 71.9 Å². The minimum absolute atomic E-state index is 0.00227. The lowest BCUT2D eigenvalue weighted by Gasteiger charge is -2.29. The minimum Gasteiger partial charge on any atom is -0.352 e. The van der Waals surface area contributed by atoms with Crippen molar-refractivity contribution in [3.63, 3.8) is 0 Å². The molecule has 4 aromatic rings. The Hall–Kier alpha value is -4.27. The van der Waals surface area contributed by atoms with Crippen LogP contribution in [0.25, 0.3) is 33.3 Å². The average molecular weight is 636 g/mol. The van der Waals surface area contributed by atoms with Gasteiger partial charge in [-0.05, 0) is 66.3 Å². The first-order valence-electron chi connectivity index (χ1n) is 17.4. The highest BCUT2D eigenvalue weighted by molar-refractivity contribution is 5.85. The summed E-state index contributed by atoms with van der Waals surface area (Å²) in [6.45, 7) is 14.8. The molecule has 47 heavy (non-hydrogen) atoms. The smallest absolute Gasteiger partial charge is 0.226 e. The van der Waals surface area contributed by atoms with Crippen LogP contribution in [0.4, 0.5) is 5.95 Å². The summed E-state index contributed by atoms with van der Waals surface area (Å²) in [6.07, 6.45) is 7.71. The number of carbonyl (C=O) groups is 2. The number of benzene rings is 2. The van der Waals surface area contributed by atoms with E-state index in [0.29, 0.717) is 24.3 Å². The molecule has 0 saturated carbocycles. The Kier molecular flexibility index (Phi) is 9.62. The molecule has 0 spiro atoms. The Morgan fingerprint density at radius 1 is 0.809 bits per heavy atom. The molecule has 2 aromatic heterocycles. The van der Waals surface area contributed by atoms with E-state index in [-0.39, 0.29) is 35.7 Å². The van der Waals surface area contributed by atoms with Crippen molar-refractivity contribution in [2.24, 2.45) is 23.7 Å². The van der Waals surface area contributed by atoms with Crippen molar-refractivity contribution >= 4 is 28.7 Å². The van der Waals surface area contributed by atoms with Crippen molar-refractivity contribution in [2.45, 2.75) is 79.3 Å². The highest BCUT2D eigenvalue weighted by atomic mass is 16.2. The van der Waals surface area contributed by atoms with Crippen LogP contribution in [0, 0.1) is 23.7 Å². The minimum atomic E-state index is 0.00227. The van der Waals surface area contributed by atoms with Gasteiger partial charge in [0.25, 0.3) is 0 Å². The van der Waals surface area contributed by atoms with Crippen molar-refractivity contribution < 1.29 is 9.59 Å². The van der Waals surface area contributed by atoms with Crippen molar-refractivity contribution in [2.75, 3.05) is 25.0 Å². The first kappa shape index (κ1) is 32.7. The molecule has 2 aliphatic heterocycles. The fourth-order valence-corrected chi connectivity index (χ4v) is 6.75. The van der Waals surface area contributed by atoms with Gasteiger partial charge in [-0.25, -0.2) is 15.0 Å². The predicted octanol–water partition coefficient (Wildman–Crippen LogP) is 7.34. The molecular formula is C38H49N7O2. The first-order valence-corrected chi connectivity index (χ1v) is 17.4. The Morgan fingerprint density at radius 3 is 2.17 bits per heavy atom. The number of amides is 2. The van der Waals surface area contributed by atoms with Gasteiger partial charge in [-0.3, -0.25) is 9.59 Å². The lowest BCUT2D eigenvalue weighted by Crippen LogP contribution is -2.43. The number of aromatic nitrogens is 4. The lowest BCUT2D eigenvalue weighted by molar-refractivity contribution is -0.138. The third-order valence-corrected chi connectivity index (χ3v) is 10.5. The summed E-state index contributed by atoms with van der Waals surface area (Å²) in [5.41, 5.74) is 5.09. The molecular weight excluding hydrogens is 586 g/mol. The third kappa shape index (κ3) is 6.90. The van der Waals surface area contributed by atoms with Crippen LogP contribution < -0.4 is 5.32 Å². The zero-order valence-corrected chi connectivity index (χ0v) is 28.7. The summed E-state index contributed by atoms with van der Waals surface area (Å²) < 4.78 is 0. The molecule has 2 fully saturated rings. The van der Waals surface area contributed by atoms with Crippen molar-refractivity contribution in [1.29, 1.82) is 0 Å². The fourth-order valence-electron chi connectivity index (χ4n) is 6.75. The molecule has 248 valence electrons. The molecule has 6 rings (SSSR count). The van der Waals surface area contributed by atoms with Gasteiger partial charge in [0, 0.05) is 49.1 Å². The normalized spacial score (nSPS) is 19.6. The second-order valence-electron chi connectivity index (χ2n) is 14.2. The fraction of sp³-hybridized carbons (Fsp3) is 0.500. The Bertz CT molecular complexity index is 1710. The number of likely N-dealkylation sites (tertiary alicyclic amines) is 2.